The van der Waals surface area contributed by atoms with E-state index in [2.05, 4.69) is 10.3 Å². The molecule has 0 spiro atoms. The first-order chi connectivity index (χ1) is 5.68. The van der Waals surface area contributed by atoms with Crippen molar-refractivity contribution in [3.05, 3.63) is 24.1 Å². The molecule has 6 heteroatoms. The van der Waals surface area contributed by atoms with E-state index in [4.69, 9.17) is 5.11 Å². The molecule has 2 N–H and O–H groups in total. The van der Waals surface area contributed by atoms with Gasteiger partial charge >= 0.3 is 5.97 Å². The summed E-state index contributed by atoms with van der Waals surface area (Å²) in [5.74, 6) is -1.09. The summed E-state index contributed by atoms with van der Waals surface area (Å²) in [5, 5.41) is 10.8. The Labute approximate surface area is 80.2 Å². The lowest BCUT2D eigenvalue weighted by Gasteiger charge is -2.00. The Balaban J connectivity index is 0.00000144. The summed E-state index contributed by atoms with van der Waals surface area (Å²) >= 11 is 0. The van der Waals surface area contributed by atoms with Crippen LogP contribution in [0, 0.1) is 5.82 Å². The standard InChI is InChI=1S/C7H7FN2O2.ClH/c8-5-1-2-6(9-3-5)10-4-7(11)12;/h1-3H,4H2,(H,9,10)(H,11,12);1H. The molecule has 1 rings (SSSR count). The lowest BCUT2D eigenvalue weighted by atomic mass is 10.4. The number of nitrogens with one attached hydrogen (secondary N) is 1. The number of nitrogens with zero attached hydrogens (tertiary/aromatic N) is 1. The van der Waals surface area contributed by atoms with Gasteiger partial charge < -0.3 is 10.4 Å². The van der Waals surface area contributed by atoms with E-state index >= 15 is 0 Å². The molecule has 0 amide bonds. The van der Waals surface area contributed by atoms with E-state index in [1.807, 2.05) is 0 Å². The van der Waals surface area contributed by atoms with Crippen molar-refractivity contribution in [2.45, 2.75) is 0 Å². The third kappa shape index (κ3) is 4.27. The molecule has 0 bridgehead atoms. The maximum atomic E-state index is 12.3. The van der Waals surface area contributed by atoms with Crippen LogP contribution in [0.2, 0.25) is 0 Å². The smallest absolute Gasteiger partial charge is 0.322 e. The monoisotopic (exact) mass is 206 g/mol. The van der Waals surface area contributed by atoms with E-state index in [1.54, 1.807) is 0 Å². The van der Waals surface area contributed by atoms with Crippen LogP contribution in [0.4, 0.5) is 10.2 Å². The lowest BCUT2D eigenvalue weighted by Crippen LogP contribution is -2.12. The van der Waals surface area contributed by atoms with Gasteiger partial charge in [-0.05, 0) is 12.1 Å². The van der Waals surface area contributed by atoms with Gasteiger partial charge in [-0.2, -0.15) is 0 Å². The highest BCUT2D eigenvalue weighted by atomic mass is 35.5. The summed E-state index contributed by atoms with van der Waals surface area (Å²) in [4.78, 5) is 13.7. The molecule has 0 radical (unpaired) electrons. The second kappa shape index (κ2) is 5.31. The molecule has 0 saturated heterocycles. The number of carboxylic acids is 1. The second-order valence-electron chi connectivity index (χ2n) is 2.11. The van der Waals surface area contributed by atoms with Crippen LogP contribution in [0.5, 0.6) is 0 Å². The van der Waals surface area contributed by atoms with Crippen molar-refractivity contribution < 1.29 is 14.3 Å². The third-order valence-corrected chi connectivity index (χ3v) is 1.15. The molecule has 0 aliphatic carbocycles. The molecule has 4 nitrogen and oxygen atoms in total. The van der Waals surface area contributed by atoms with Crippen LogP contribution in [-0.2, 0) is 4.79 Å². The van der Waals surface area contributed by atoms with Gasteiger partial charge in [-0.15, -0.1) is 12.4 Å². The van der Waals surface area contributed by atoms with Gasteiger partial charge in [-0.25, -0.2) is 9.37 Å². The van der Waals surface area contributed by atoms with Crippen molar-refractivity contribution in [3.63, 3.8) is 0 Å². The first-order valence-corrected chi connectivity index (χ1v) is 3.25. The minimum absolute atomic E-state index is 0. The van der Waals surface area contributed by atoms with Gasteiger partial charge in [0.1, 0.15) is 18.2 Å². The maximum absolute atomic E-state index is 12.3. The van der Waals surface area contributed by atoms with E-state index in [9.17, 15) is 9.18 Å². The van der Waals surface area contributed by atoms with E-state index in [-0.39, 0.29) is 19.0 Å². The number of aromatic nitrogens is 1. The number of aliphatic carboxylic acids is 1. The molecule has 72 valence electrons. The minimum Gasteiger partial charge on any atom is -0.480 e. The van der Waals surface area contributed by atoms with Crippen LogP contribution in [0.25, 0.3) is 0 Å². The van der Waals surface area contributed by atoms with Gasteiger partial charge in [-0.1, -0.05) is 0 Å². The summed E-state index contributed by atoms with van der Waals surface area (Å²) in [5.41, 5.74) is 0. The lowest BCUT2D eigenvalue weighted by molar-refractivity contribution is -0.134. The highest BCUT2D eigenvalue weighted by Gasteiger charge is 1.97. The summed E-state index contributed by atoms with van der Waals surface area (Å²) < 4.78 is 12.3. The predicted molar refractivity (Wildman–Crippen MR) is 47.6 cm³/mol. The molecule has 0 fully saturated rings. The van der Waals surface area contributed by atoms with Gasteiger partial charge in [0, 0.05) is 0 Å². The normalized spacial score (nSPS) is 8.69. The number of hydrogen-bond acceptors (Lipinski definition) is 3. The molecular formula is C7H8ClFN2O2. The summed E-state index contributed by atoms with van der Waals surface area (Å²) in [6.07, 6.45) is 1.02. The maximum Gasteiger partial charge on any atom is 0.322 e. The van der Waals surface area contributed by atoms with Gasteiger partial charge in [-0.3, -0.25) is 4.79 Å². The fourth-order valence-electron chi connectivity index (χ4n) is 0.647. The Morgan fingerprint density at radius 1 is 1.62 bits per heavy atom. The highest BCUT2D eigenvalue weighted by molar-refractivity contribution is 5.85. The minimum atomic E-state index is -0.985. The highest BCUT2D eigenvalue weighted by Crippen LogP contribution is 2.02. The van der Waals surface area contributed by atoms with Crippen LogP contribution in [0.3, 0.4) is 0 Å². The molecule has 0 saturated carbocycles. The van der Waals surface area contributed by atoms with E-state index < -0.39 is 11.8 Å². The quantitative estimate of drug-likeness (QED) is 0.779. The predicted octanol–water partition coefficient (Wildman–Crippen LogP) is 1.14. The zero-order valence-corrected chi connectivity index (χ0v) is 7.34. The zero-order chi connectivity index (χ0) is 8.97. The number of pyridine rings is 1. The topological polar surface area (TPSA) is 62.2 Å². The number of hydrogen-bond donors (Lipinski definition) is 2. The molecule has 13 heavy (non-hydrogen) atoms. The Bertz CT molecular complexity index is 278. The Kier molecular flexibility index (Phi) is 4.76. The average molecular weight is 207 g/mol. The van der Waals surface area contributed by atoms with Crippen molar-refractivity contribution in [2.75, 3.05) is 11.9 Å². The molecule has 1 aromatic heterocycles. The molecule has 0 aliphatic rings. The Morgan fingerprint density at radius 2 is 2.31 bits per heavy atom. The van der Waals surface area contributed by atoms with Crippen molar-refractivity contribution in [3.8, 4) is 0 Å². The fraction of sp³-hybridized carbons (Fsp3) is 0.143. The van der Waals surface area contributed by atoms with Crippen LogP contribution >= 0.6 is 12.4 Å². The zero-order valence-electron chi connectivity index (χ0n) is 6.53. The molecule has 0 unspecified atom stereocenters. The molecule has 0 atom stereocenters. The molecular weight excluding hydrogens is 199 g/mol. The third-order valence-electron chi connectivity index (χ3n) is 1.15. The van der Waals surface area contributed by atoms with Crippen LogP contribution < -0.4 is 5.32 Å². The second-order valence-corrected chi connectivity index (χ2v) is 2.11. The van der Waals surface area contributed by atoms with Gasteiger partial charge in [0.05, 0.1) is 6.20 Å². The van der Waals surface area contributed by atoms with E-state index in [1.165, 1.54) is 12.1 Å². The van der Waals surface area contributed by atoms with Crippen molar-refractivity contribution >= 4 is 24.2 Å². The van der Waals surface area contributed by atoms with Gasteiger partial charge in [0.2, 0.25) is 0 Å². The first-order valence-electron chi connectivity index (χ1n) is 3.25. The SMILES string of the molecule is Cl.O=C(O)CNc1ccc(F)cn1. The molecule has 0 aliphatic heterocycles. The number of carboxylic acid groups (broad SMARTS) is 1. The van der Waals surface area contributed by atoms with E-state index in [0.717, 1.165) is 6.20 Å². The van der Waals surface area contributed by atoms with E-state index in [0.29, 0.717) is 5.82 Å². The van der Waals surface area contributed by atoms with Crippen LogP contribution in [0.1, 0.15) is 0 Å². The number of anilines is 1. The van der Waals surface area contributed by atoms with Crippen molar-refractivity contribution in [1.82, 2.24) is 4.98 Å². The number of halogens is 2. The van der Waals surface area contributed by atoms with Crippen LogP contribution in [0.15, 0.2) is 18.3 Å². The largest absolute Gasteiger partial charge is 0.480 e. The fourth-order valence-corrected chi connectivity index (χ4v) is 0.647. The Hall–Kier alpha value is -1.36. The van der Waals surface area contributed by atoms with Crippen molar-refractivity contribution in [2.24, 2.45) is 0 Å². The summed E-state index contributed by atoms with van der Waals surface area (Å²) in [6.45, 7) is -0.224. The van der Waals surface area contributed by atoms with Crippen molar-refractivity contribution in [1.29, 1.82) is 0 Å². The summed E-state index contributed by atoms with van der Waals surface area (Å²) in [7, 11) is 0. The Morgan fingerprint density at radius 3 is 2.77 bits per heavy atom. The molecule has 1 heterocycles. The number of rotatable bonds is 3. The number of carbonyl (C=O) groups is 1. The molecule has 1 aromatic rings. The first kappa shape index (κ1) is 11.6. The average Bonchev–Trinajstić information content (AvgIpc) is 2.03. The molecule has 0 aromatic carbocycles. The van der Waals surface area contributed by atoms with Crippen LogP contribution in [-0.4, -0.2) is 22.6 Å². The summed E-state index contributed by atoms with van der Waals surface area (Å²) in [6, 6.07) is 2.58. The van der Waals surface area contributed by atoms with Gasteiger partial charge in [0.25, 0.3) is 0 Å². The van der Waals surface area contributed by atoms with Gasteiger partial charge in [0.15, 0.2) is 0 Å².